The van der Waals surface area contributed by atoms with Crippen LogP contribution < -0.4 is 19.5 Å². The van der Waals surface area contributed by atoms with E-state index >= 15 is 0 Å². The highest BCUT2D eigenvalue weighted by Gasteiger charge is 2.30. The van der Waals surface area contributed by atoms with E-state index in [1.54, 1.807) is 4.90 Å². The molecule has 1 N–H and O–H groups in total. The summed E-state index contributed by atoms with van der Waals surface area (Å²) in [6, 6.07) is 3.05. The molecule has 2 aromatic rings. The van der Waals surface area contributed by atoms with E-state index in [2.05, 4.69) is 5.32 Å². The maximum atomic E-state index is 13.0. The number of carbonyl (C=O) groups is 3. The number of hydrogen-bond acceptors (Lipinski definition) is 8. The Bertz CT molecular complexity index is 1010. The number of fused-ring (bicyclic) bond motifs is 1. The summed E-state index contributed by atoms with van der Waals surface area (Å²) in [4.78, 5) is 39.8. The minimum Gasteiger partial charge on any atom is -0.493 e. The van der Waals surface area contributed by atoms with E-state index in [9.17, 15) is 14.4 Å². The van der Waals surface area contributed by atoms with Gasteiger partial charge in [-0.25, -0.2) is 4.79 Å². The van der Waals surface area contributed by atoms with Gasteiger partial charge in [-0.3, -0.25) is 9.59 Å². The third-order valence-corrected chi connectivity index (χ3v) is 6.18. The minimum atomic E-state index is -0.533. The highest BCUT2D eigenvalue weighted by atomic mass is 32.1. The van der Waals surface area contributed by atoms with Crippen molar-refractivity contribution in [2.45, 2.75) is 19.9 Å². The number of hydrogen-bond donors (Lipinski definition) is 1. The van der Waals surface area contributed by atoms with Gasteiger partial charge in [0.2, 0.25) is 11.7 Å². The van der Waals surface area contributed by atoms with Crippen molar-refractivity contribution in [3.8, 4) is 17.2 Å². The standard InChI is InChI=1S/C21H24N2O7S/c1-11(24)23-7-6-13-16(10-23)31-20(17(13)21(26)30-5)22-19(25)12-8-14(27-2)18(29-4)15(9-12)28-3/h8-9H,6-7,10H2,1-5H3,(H,22,25). The van der Waals surface area contributed by atoms with Gasteiger partial charge in [0.05, 0.1) is 40.5 Å². The van der Waals surface area contributed by atoms with E-state index in [0.717, 1.165) is 10.4 Å². The zero-order valence-electron chi connectivity index (χ0n) is 18.0. The molecule has 1 aromatic carbocycles. The largest absolute Gasteiger partial charge is 0.493 e. The van der Waals surface area contributed by atoms with Crippen molar-refractivity contribution in [3.05, 3.63) is 33.7 Å². The Balaban J connectivity index is 1.98. The molecule has 0 spiro atoms. The fourth-order valence-electron chi connectivity index (χ4n) is 3.47. The molecular formula is C21H24N2O7S. The van der Waals surface area contributed by atoms with Gasteiger partial charge in [0.25, 0.3) is 5.91 Å². The number of thiophene rings is 1. The van der Waals surface area contributed by atoms with Crippen LogP contribution in [0.15, 0.2) is 12.1 Å². The molecule has 1 aliphatic heterocycles. The predicted octanol–water partition coefficient (Wildman–Crippen LogP) is 2.72. The van der Waals surface area contributed by atoms with Gasteiger partial charge in [0.15, 0.2) is 11.5 Å². The average Bonchev–Trinajstić information content (AvgIpc) is 3.14. The molecule has 0 atom stereocenters. The zero-order chi connectivity index (χ0) is 22.7. The second kappa shape index (κ2) is 9.25. The summed E-state index contributed by atoms with van der Waals surface area (Å²) >= 11 is 1.26. The molecule has 1 aromatic heterocycles. The van der Waals surface area contributed by atoms with Crippen LogP contribution in [-0.2, 0) is 22.5 Å². The van der Waals surface area contributed by atoms with Crippen LogP contribution in [0.3, 0.4) is 0 Å². The lowest BCUT2D eigenvalue weighted by Crippen LogP contribution is -2.33. The first kappa shape index (κ1) is 22.4. The van der Waals surface area contributed by atoms with Crippen molar-refractivity contribution < 1.29 is 33.3 Å². The van der Waals surface area contributed by atoms with Crippen LogP contribution in [0, 0.1) is 0 Å². The fourth-order valence-corrected chi connectivity index (χ4v) is 4.71. The highest BCUT2D eigenvalue weighted by molar-refractivity contribution is 7.17. The molecule has 0 saturated carbocycles. The normalized spacial score (nSPS) is 12.6. The van der Waals surface area contributed by atoms with E-state index < -0.39 is 11.9 Å². The maximum absolute atomic E-state index is 13.0. The lowest BCUT2D eigenvalue weighted by molar-refractivity contribution is -0.129. The molecule has 0 bridgehead atoms. The van der Waals surface area contributed by atoms with Gasteiger partial charge >= 0.3 is 5.97 Å². The Hall–Kier alpha value is -3.27. The van der Waals surface area contributed by atoms with Crippen molar-refractivity contribution in [3.63, 3.8) is 0 Å². The van der Waals surface area contributed by atoms with Gasteiger partial charge in [-0.05, 0) is 24.1 Å². The van der Waals surface area contributed by atoms with Gasteiger partial charge in [-0.2, -0.15) is 0 Å². The number of esters is 1. The number of carbonyl (C=O) groups excluding carboxylic acids is 3. The van der Waals surface area contributed by atoms with Crippen LogP contribution in [0.4, 0.5) is 5.00 Å². The van der Waals surface area contributed by atoms with Crippen LogP contribution in [0.2, 0.25) is 0 Å². The molecule has 0 fully saturated rings. The second-order valence-electron chi connectivity index (χ2n) is 6.76. The van der Waals surface area contributed by atoms with E-state index in [-0.39, 0.29) is 11.5 Å². The number of nitrogens with one attached hydrogen (secondary N) is 1. The van der Waals surface area contributed by atoms with Crippen LogP contribution in [0.5, 0.6) is 17.2 Å². The van der Waals surface area contributed by atoms with E-state index in [1.165, 1.54) is 58.8 Å². The maximum Gasteiger partial charge on any atom is 0.341 e. The summed E-state index contributed by atoms with van der Waals surface area (Å²) in [5.74, 6) is 0.0142. The number of benzene rings is 1. The van der Waals surface area contributed by atoms with Crippen molar-refractivity contribution >= 4 is 34.1 Å². The first-order valence-corrected chi connectivity index (χ1v) is 10.3. The minimum absolute atomic E-state index is 0.0401. The number of anilines is 1. The Kier molecular flexibility index (Phi) is 6.69. The predicted molar refractivity (Wildman–Crippen MR) is 115 cm³/mol. The summed E-state index contributed by atoms with van der Waals surface area (Å²) in [5, 5.41) is 3.18. The molecule has 31 heavy (non-hydrogen) atoms. The summed E-state index contributed by atoms with van der Waals surface area (Å²) in [6.45, 7) is 2.40. The van der Waals surface area contributed by atoms with Crippen LogP contribution >= 0.6 is 11.3 Å². The molecule has 0 unspecified atom stereocenters. The Morgan fingerprint density at radius 1 is 1.03 bits per heavy atom. The number of nitrogens with zero attached hydrogens (tertiary/aromatic N) is 1. The summed E-state index contributed by atoms with van der Waals surface area (Å²) in [5.41, 5.74) is 1.39. The first-order chi connectivity index (χ1) is 14.8. The SMILES string of the molecule is COC(=O)c1c(NC(=O)c2cc(OC)c(OC)c(OC)c2)sc2c1CCN(C(C)=O)C2. The average molecular weight is 448 g/mol. The Labute approximate surface area is 183 Å². The van der Waals surface area contributed by atoms with Gasteiger partial charge in [-0.1, -0.05) is 0 Å². The molecule has 166 valence electrons. The molecule has 2 amide bonds. The number of ether oxygens (including phenoxy) is 4. The molecule has 10 heteroatoms. The summed E-state index contributed by atoms with van der Waals surface area (Å²) in [7, 11) is 5.69. The molecular weight excluding hydrogens is 424 g/mol. The second-order valence-corrected chi connectivity index (χ2v) is 7.86. The van der Waals surface area contributed by atoms with Crippen molar-refractivity contribution in [1.82, 2.24) is 4.90 Å². The third-order valence-electron chi connectivity index (χ3n) is 5.05. The Morgan fingerprint density at radius 2 is 1.68 bits per heavy atom. The number of rotatable bonds is 6. The van der Waals surface area contributed by atoms with Gasteiger partial charge in [0.1, 0.15) is 5.00 Å². The number of amides is 2. The molecule has 0 saturated heterocycles. The molecule has 0 radical (unpaired) electrons. The van der Waals surface area contributed by atoms with Crippen LogP contribution in [0.1, 0.15) is 38.1 Å². The van der Waals surface area contributed by atoms with Crippen LogP contribution in [0.25, 0.3) is 0 Å². The van der Waals surface area contributed by atoms with E-state index in [0.29, 0.717) is 47.3 Å². The molecule has 9 nitrogen and oxygen atoms in total. The fraction of sp³-hybridized carbons (Fsp3) is 0.381. The smallest absolute Gasteiger partial charge is 0.341 e. The van der Waals surface area contributed by atoms with Crippen molar-refractivity contribution in [2.24, 2.45) is 0 Å². The lowest BCUT2D eigenvalue weighted by Gasteiger charge is -2.25. The molecule has 3 rings (SSSR count). The molecule has 1 aliphatic rings. The van der Waals surface area contributed by atoms with Crippen molar-refractivity contribution in [2.75, 3.05) is 40.3 Å². The van der Waals surface area contributed by atoms with E-state index in [4.69, 9.17) is 18.9 Å². The summed E-state index contributed by atoms with van der Waals surface area (Å²) < 4.78 is 20.8. The van der Waals surface area contributed by atoms with Gasteiger partial charge in [-0.15, -0.1) is 11.3 Å². The monoisotopic (exact) mass is 448 g/mol. The zero-order valence-corrected chi connectivity index (χ0v) is 18.8. The highest BCUT2D eigenvalue weighted by Crippen LogP contribution is 2.40. The number of methoxy groups -OCH3 is 4. The Morgan fingerprint density at radius 3 is 2.19 bits per heavy atom. The molecule has 0 aliphatic carbocycles. The van der Waals surface area contributed by atoms with Gasteiger partial charge in [0, 0.05) is 23.9 Å². The third kappa shape index (κ3) is 4.29. The quantitative estimate of drug-likeness (QED) is 0.678. The van der Waals surface area contributed by atoms with Crippen LogP contribution in [-0.4, -0.2) is 57.7 Å². The summed E-state index contributed by atoms with van der Waals surface area (Å²) in [6.07, 6.45) is 0.510. The first-order valence-electron chi connectivity index (χ1n) is 9.44. The van der Waals surface area contributed by atoms with E-state index in [1.807, 2.05) is 0 Å². The van der Waals surface area contributed by atoms with Gasteiger partial charge < -0.3 is 29.2 Å². The lowest BCUT2D eigenvalue weighted by atomic mass is 10.0. The van der Waals surface area contributed by atoms with Crippen molar-refractivity contribution in [1.29, 1.82) is 0 Å². The molecule has 2 heterocycles. The topological polar surface area (TPSA) is 103 Å².